The molecule has 7 N–H and O–H groups in total. The molecule has 6 heterocycles. The van der Waals surface area contributed by atoms with E-state index in [1.54, 1.807) is 146 Å². The molecule has 39 heteroatoms. The lowest BCUT2D eigenvalue weighted by Crippen LogP contribution is -2.41. The molecule has 0 radical (unpaired) electrons. The Labute approximate surface area is 642 Å². The first-order valence-corrected chi connectivity index (χ1v) is 40.9. The monoisotopic (exact) mass is 1650 g/mol. The molecule has 6 unspecified atom stereocenters. The van der Waals surface area contributed by atoms with Gasteiger partial charge in [0, 0.05) is 24.7 Å². The number of halogens is 3. The number of alkyl halides is 3. The van der Waals surface area contributed by atoms with Crippen molar-refractivity contribution in [2.24, 2.45) is 17.8 Å². The van der Waals surface area contributed by atoms with Crippen molar-refractivity contribution in [3.8, 4) is 17.2 Å². The number of aromatic nitrogens is 6. The summed E-state index contributed by atoms with van der Waals surface area (Å²) in [6.45, 7) is 16.8. The van der Waals surface area contributed by atoms with E-state index in [1.165, 1.54) is 58.3 Å². The highest BCUT2D eigenvalue weighted by molar-refractivity contribution is 7.72. The van der Waals surface area contributed by atoms with Gasteiger partial charge in [0.2, 0.25) is 4.77 Å². The van der Waals surface area contributed by atoms with Crippen molar-refractivity contribution in [1.82, 2.24) is 28.7 Å². The summed E-state index contributed by atoms with van der Waals surface area (Å²) in [6.07, 6.45) is -10.6. The SMILES string of the molecule is CC(C)OC(=O)[C@H](C)CP(=O)(OC[C@H]1O[C@@H](n2ccc(=O)[nH]c2=S)C(C)(F)[C@H]1O)Oc1ccccc1.CC(C)OC(=O)[C@H](C)CP(=O)(OC[C@H]1O[C@@H](n2ccc(=S)[nH]c2=S)C(C)(F)[C@H]1O)Oc1ccccc1.CC(C)OC(=O)[C@H](C)CP(=O)(OC[C@H]1O[C@@H](n2ccc(N)nc2=S)C(C)(F)[C@H]1O)Oc1ccccc1. The van der Waals surface area contributed by atoms with E-state index < -0.39 is 156 Å². The Hall–Kier alpha value is -6.69. The van der Waals surface area contributed by atoms with Gasteiger partial charge in [-0.05, 0) is 147 Å². The van der Waals surface area contributed by atoms with Crippen molar-refractivity contribution in [2.45, 2.75) is 174 Å². The van der Waals surface area contributed by atoms with Gasteiger partial charge in [0.05, 0.1) is 74.4 Å². The van der Waals surface area contributed by atoms with Crippen LogP contribution in [0.1, 0.15) is 102 Å². The number of aliphatic hydroxyl groups excluding tert-OH is 3. The van der Waals surface area contributed by atoms with Gasteiger partial charge in [0.15, 0.2) is 45.2 Å². The number of H-pyrrole nitrogens is 2. The fourth-order valence-corrected chi connectivity index (χ4v) is 17.6. The van der Waals surface area contributed by atoms with Gasteiger partial charge in [0.25, 0.3) is 5.56 Å². The molecule has 3 aliphatic heterocycles. The number of ether oxygens (including phenoxy) is 6. The maximum atomic E-state index is 15.6. The van der Waals surface area contributed by atoms with Crippen LogP contribution in [0.15, 0.2) is 133 Å². The summed E-state index contributed by atoms with van der Waals surface area (Å²) in [5, 5.41) is 32.0. The molecule has 594 valence electrons. The van der Waals surface area contributed by atoms with Crippen LogP contribution < -0.4 is 24.9 Å². The van der Waals surface area contributed by atoms with Gasteiger partial charge in [-0.2, -0.15) is 0 Å². The summed E-state index contributed by atoms with van der Waals surface area (Å²) in [5.74, 6) is -3.27. The lowest BCUT2D eigenvalue weighted by molar-refractivity contribution is -0.152. The number of nitrogen functional groups attached to an aromatic ring is 1. The smallest absolute Gasteiger partial charge is 0.380 e. The van der Waals surface area contributed by atoms with Gasteiger partial charge in [0.1, 0.15) is 64.3 Å². The van der Waals surface area contributed by atoms with Gasteiger partial charge in [-0.15, -0.1) is 0 Å². The van der Waals surface area contributed by atoms with Gasteiger partial charge in [-0.25, -0.2) is 31.9 Å². The molecule has 6 aromatic rings. The van der Waals surface area contributed by atoms with Crippen LogP contribution in [0.3, 0.4) is 0 Å². The zero-order valence-corrected chi connectivity index (χ0v) is 67.0. The molecule has 29 nitrogen and oxygen atoms in total. The van der Waals surface area contributed by atoms with E-state index in [0.29, 0.717) is 4.64 Å². The number of nitrogens with two attached hydrogens (primary N) is 1. The third kappa shape index (κ3) is 23.9. The van der Waals surface area contributed by atoms with Crippen LogP contribution in [0.4, 0.5) is 19.0 Å². The number of nitrogens with zero attached hydrogens (tertiary/aromatic N) is 4. The molecule has 0 bridgehead atoms. The van der Waals surface area contributed by atoms with Crippen molar-refractivity contribution in [2.75, 3.05) is 44.0 Å². The number of hydrogen-bond acceptors (Lipinski definition) is 28. The molecule has 18 atom stereocenters. The molecular formula is C69H91F3N7O22P3S4. The summed E-state index contributed by atoms with van der Waals surface area (Å²) >= 11 is 20.5. The number of para-hydroxylation sites is 3. The average Bonchev–Trinajstić information content (AvgIpc) is 1.63. The second kappa shape index (κ2) is 38.0. The first-order chi connectivity index (χ1) is 50.5. The fourth-order valence-electron chi connectivity index (χ4n) is 11.0. The summed E-state index contributed by atoms with van der Waals surface area (Å²) in [4.78, 5) is 57.5. The first-order valence-electron chi connectivity index (χ1n) is 34.1. The highest BCUT2D eigenvalue weighted by atomic mass is 32.1. The summed E-state index contributed by atoms with van der Waals surface area (Å²) in [5.41, 5.74) is -1.73. The Balaban J connectivity index is 0.000000226. The number of aromatic amines is 2. The summed E-state index contributed by atoms with van der Waals surface area (Å²) in [7, 11) is -12.0. The van der Waals surface area contributed by atoms with Crippen molar-refractivity contribution in [1.29, 1.82) is 0 Å². The number of anilines is 1. The van der Waals surface area contributed by atoms with Crippen LogP contribution in [0.25, 0.3) is 0 Å². The Morgan fingerprint density at radius 1 is 0.500 bits per heavy atom. The molecule has 0 amide bonds. The van der Waals surface area contributed by atoms with Gasteiger partial charge in [-0.1, -0.05) is 87.6 Å². The standard InChI is InChI=1S/C23H31FN3O7PS.C23H30FN2O8PS.C23H30FN2O7PS2/c1-14(2)32-20(29)15(3)13-35(30,34-16-8-6-5-7-9-16)31-12-17-19(28)23(4,24)21(33-17)27-11-10-18(25)26-22(27)36;1-14(2)32-20(29)15(3)13-35(30,34-16-8-6-5-7-9-16)31-12-17-19(28)23(4,24)21(33-17)26-11-10-18(27)25-22(26)36;1-14(2)31-20(28)15(3)13-34(29,33-16-8-6-5-7-9-16)30-12-17-19(27)23(4,24)21(32-17)26-11-10-18(35)25-22(26)36/h5-11,14-15,17,19,21,28H,12-13H2,1-4H3,(H2,25,26,36);5-11,14-15,17,19,21,28H,12-13H2,1-4H3,(H,25,27,36);5-11,14-15,17,19,21,27H,12-13H2,1-4H3,(H,25,35,36)/t2*15-,17-,19+,21-,23?,35?;15-,17-,19+,21-,23?,34?/m111/s1. The number of benzene rings is 3. The molecule has 3 saturated heterocycles. The van der Waals surface area contributed by atoms with E-state index in [4.69, 9.17) is 110 Å². The quantitative estimate of drug-likeness (QED) is 0.0106. The van der Waals surface area contributed by atoms with Crippen LogP contribution >= 0.6 is 71.7 Å². The minimum absolute atomic E-state index is 0.0341. The Morgan fingerprint density at radius 3 is 1.09 bits per heavy atom. The Morgan fingerprint density at radius 2 is 0.796 bits per heavy atom. The third-order valence-electron chi connectivity index (χ3n) is 16.5. The van der Waals surface area contributed by atoms with E-state index >= 15 is 13.2 Å². The largest absolute Gasteiger partial charge is 0.463 e. The van der Waals surface area contributed by atoms with Crippen molar-refractivity contribution >= 4 is 95.4 Å². The number of hydrogen-bond donors (Lipinski definition) is 6. The number of nitrogens with one attached hydrogen (secondary N) is 2. The van der Waals surface area contributed by atoms with E-state index in [2.05, 4.69) is 15.0 Å². The van der Waals surface area contributed by atoms with Crippen molar-refractivity contribution < 1.29 is 112 Å². The van der Waals surface area contributed by atoms with Crippen molar-refractivity contribution in [3.05, 3.63) is 157 Å². The molecule has 0 saturated carbocycles. The van der Waals surface area contributed by atoms with E-state index in [-0.39, 0.29) is 74.2 Å². The normalized spacial score (nSPS) is 26.4. The predicted octanol–water partition coefficient (Wildman–Crippen LogP) is 13.0. The highest BCUT2D eigenvalue weighted by Gasteiger charge is 2.58. The summed E-state index contributed by atoms with van der Waals surface area (Å²) in [6, 6.07) is 28.9. The zero-order chi connectivity index (χ0) is 80.0. The highest BCUT2D eigenvalue weighted by Crippen LogP contribution is 2.55. The lowest BCUT2D eigenvalue weighted by Gasteiger charge is -2.25. The number of carbonyl (C=O) groups is 3. The number of esters is 3. The minimum atomic E-state index is -4.01. The van der Waals surface area contributed by atoms with E-state index in [9.17, 15) is 48.2 Å². The predicted molar refractivity (Wildman–Crippen MR) is 400 cm³/mol. The van der Waals surface area contributed by atoms with Gasteiger partial charge >= 0.3 is 40.7 Å². The molecule has 108 heavy (non-hydrogen) atoms. The molecule has 3 aromatic heterocycles. The number of rotatable bonds is 30. The molecule has 3 aromatic carbocycles. The fraction of sp³-hybridized carbons (Fsp3) is 0.522. The third-order valence-corrected chi connectivity index (χ3v) is 23.7. The maximum absolute atomic E-state index is 15.6. The minimum Gasteiger partial charge on any atom is -0.463 e. The van der Waals surface area contributed by atoms with Crippen molar-refractivity contribution in [3.63, 3.8) is 0 Å². The molecule has 9 rings (SSSR count). The molecule has 0 aliphatic carbocycles. The van der Waals surface area contributed by atoms with E-state index in [1.807, 2.05) is 0 Å². The van der Waals surface area contributed by atoms with Crippen LogP contribution in [0, 0.1) is 36.7 Å². The topological polar surface area (TPSA) is 376 Å². The molecule has 3 aliphatic rings. The second-order valence-corrected chi connectivity index (χ2v) is 34.7. The molecular weight excluding hydrogens is 1560 g/mol. The summed E-state index contributed by atoms with van der Waals surface area (Å²) < 4.78 is 159. The second-order valence-electron chi connectivity index (χ2n) is 27.1. The Kier molecular flexibility index (Phi) is 31.2. The van der Waals surface area contributed by atoms with Gasteiger partial charge in [-0.3, -0.25) is 51.4 Å². The maximum Gasteiger partial charge on any atom is 0.380 e. The molecule has 3 fully saturated rings. The van der Waals surface area contributed by atoms with E-state index in [0.717, 1.165) is 19.9 Å². The Bertz CT molecular complexity index is 4300. The van der Waals surface area contributed by atoms with Crippen LogP contribution in [-0.4, -0.2) is 172 Å². The number of carbonyl (C=O) groups excluding carboxylic acids is 3. The first kappa shape index (κ1) is 88.5. The zero-order valence-electron chi connectivity index (χ0n) is 61.1. The van der Waals surface area contributed by atoms with Crippen LogP contribution in [-0.2, 0) is 70.1 Å². The lowest BCUT2D eigenvalue weighted by atomic mass is 9.98. The van der Waals surface area contributed by atoms with Gasteiger partial charge < -0.3 is 68.0 Å². The van der Waals surface area contributed by atoms with Crippen LogP contribution in [0.5, 0.6) is 17.2 Å². The average molecular weight is 1650 g/mol. The molecule has 0 spiro atoms. The van der Waals surface area contributed by atoms with Crippen LogP contribution in [0.2, 0.25) is 0 Å². The number of aliphatic hydroxyl groups is 3.